The molecule has 1 aliphatic heterocycles. The van der Waals surface area contributed by atoms with Crippen LogP contribution in [0.1, 0.15) is 50.0 Å². The van der Waals surface area contributed by atoms with Gasteiger partial charge in [0.2, 0.25) is 10.0 Å². The van der Waals surface area contributed by atoms with Gasteiger partial charge in [-0.15, -0.1) is 0 Å². The predicted molar refractivity (Wildman–Crippen MR) is 93.3 cm³/mol. The van der Waals surface area contributed by atoms with Gasteiger partial charge in [0.1, 0.15) is 5.82 Å². The van der Waals surface area contributed by atoms with Gasteiger partial charge >= 0.3 is 0 Å². The highest BCUT2D eigenvalue weighted by Gasteiger charge is 2.36. The van der Waals surface area contributed by atoms with Crippen LogP contribution in [-0.4, -0.2) is 50.1 Å². The SMILES string of the molecule is CN(C)c1cc([C@H]2CCCN(S(=O)(=O)C3CCCC3)C2)ccn1. The Balaban J connectivity index is 1.77. The summed E-state index contributed by atoms with van der Waals surface area (Å²) in [7, 11) is 0.830. The van der Waals surface area contributed by atoms with Crippen molar-refractivity contribution in [1.29, 1.82) is 0 Å². The average Bonchev–Trinajstić information content (AvgIpc) is 3.10. The molecule has 0 spiro atoms. The number of aromatic nitrogens is 1. The van der Waals surface area contributed by atoms with Gasteiger partial charge in [-0.1, -0.05) is 12.8 Å². The van der Waals surface area contributed by atoms with Gasteiger partial charge in [0.15, 0.2) is 0 Å². The minimum absolute atomic E-state index is 0.143. The molecule has 0 unspecified atom stereocenters. The maximum Gasteiger partial charge on any atom is 0.216 e. The van der Waals surface area contributed by atoms with Gasteiger partial charge < -0.3 is 4.90 Å². The van der Waals surface area contributed by atoms with E-state index in [0.29, 0.717) is 13.1 Å². The van der Waals surface area contributed by atoms with E-state index in [1.165, 1.54) is 5.56 Å². The fourth-order valence-corrected chi connectivity index (χ4v) is 5.90. The third-order valence-electron chi connectivity index (χ3n) is 5.17. The van der Waals surface area contributed by atoms with Crippen LogP contribution in [0.5, 0.6) is 0 Å². The number of nitrogens with zero attached hydrogens (tertiary/aromatic N) is 3. The number of pyridine rings is 1. The summed E-state index contributed by atoms with van der Waals surface area (Å²) in [5, 5.41) is -0.143. The van der Waals surface area contributed by atoms with Crippen LogP contribution in [0.15, 0.2) is 18.3 Å². The first kappa shape index (κ1) is 16.7. The van der Waals surface area contributed by atoms with Crippen molar-refractivity contribution in [2.24, 2.45) is 0 Å². The first-order valence-corrected chi connectivity index (χ1v) is 10.1. The maximum absolute atomic E-state index is 12.8. The second kappa shape index (κ2) is 6.77. The molecule has 2 fully saturated rings. The van der Waals surface area contributed by atoms with E-state index in [9.17, 15) is 8.42 Å². The lowest BCUT2D eigenvalue weighted by molar-refractivity contribution is 0.312. The molecule has 2 heterocycles. The van der Waals surface area contributed by atoms with Crippen LogP contribution < -0.4 is 4.90 Å². The second-order valence-electron chi connectivity index (χ2n) is 6.99. The lowest BCUT2D eigenvalue weighted by atomic mass is 9.92. The van der Waals surface area contributed by atoms with Gasteiger partial charge in [-0.3, -0.25) is 0 Å². The van der Waals surface area contributed by atoms with E-state index in [-0.39, 0.29) is 11.2 Å². The molecule has 128 valence electrons. The van der Waals surface area contributed by atoms with E-state index in [2.05, 4.69) is 11.1 Å². The summed E-state index contributed by atoms with van der Waals surface area (Å²) >= 11 is 0. The number of hydrogen-bond donors (Lipinski definition) is 0. The molecule has 0 amide bonds. The summed E-state index contributed by atoms with van der Waals surface area (Å²) in [4.78, 5) is 6.34. The van der Waals surface area contributed by atoms with E-state index in [0.717, 1.165) is 44.3 Å². The molecule has 6 heteroatoms. The van der Waals surface area contributed by atoms with E-state index < -0.39 is 10.0 Å². The van der Waals surface area contributed by atoms with Crippen molar-refractivity contribution in [3.8, 4) is 0 Å². The van der Waals surface area contributed by atoms with Crippen LogP contribution in [0.2, 0.25) is 0 Å². The molecule has 0 N–H and O–H groups in total. The standard InChI is InChI=1S/C17H27N3O2S/c1-19(2)17-12-14(9-10-18-17)15-6-5-11-20(13-15)23(21,22)16-7-3-4-8-16/h9-10,12,15-16H,3-8,11,13H2,1-2H3/t15-/m0/s1. The Morgan fingerprint density at radius 3 is 2.61 bits per heavy atom. The number of anilines is 1. The van der Waals surface area contributed by atoms with Crippen LogP contribution in [0.3, 0.4) is 0 Å². The van der Waals surface area contributed by atoms with Crippen molar-refractivity contribution in [3.63, 3.8) is 0 Å². The van der Waals surface area contributed by atoms with E-state index in [1.807, 2.05) is 31.3 Å². The smallest absolute Gasteiger partial charge is 0.216 e. The second-order valence-corrected chi connectivity index (χ2v) is 9.20. The van der Waals surface area contributed by atoms with Gasteiger partial charge in [0.05, 0.1) is 5.25 Å². The predicted octanol–water partition coefficient (Wildman–Crippen LogP) is 2.60. The van der Waals surface area contributed by atoms with Crippen molar-refractivity contribution in [2.45, 2.75) is 49.7 Å². The van der Waals surface area contributed by atoms with Crippen LogP contribution in [-0.2, 0) is 10.0 Å². The highest BCUT2D eigenvalue weighted by Crippen LogP contribution is 2.33. The van der Waals surface area contributed by atoms with Crippen LogP contribution in [0.4, 0.5) is 5.82 Å². The van der Waals surface area contributed by atoms with Gasteiger partial charge in [0, 0.05) is 33.4 Å². The zero-order valence-electron chi connectivity index (χ0n) is 14.1. The van der Waals surface area contributed by atoms with Gasteiger partial charge in [-0.05, 0) is 49.3 Å². The zero-order chi connectivity index (χ0) is 16.4. The number of hydrogen-bond acceptors (Lipinski definition) is 4. The van der Waals surface area contributed by atoms with Crippen LogP contribution in [0, 0.1) is 0 Å². The lowest BCUT2D eigenvalue weighted by Gasteiger charge is -2.34. The van der Waals surface area contributed by atoms with Gasteiger partial charge in [0.25, 0.3) is 0 Å². The fraction of sp³-hybridized carbons (Fsp3) is 0.706. The fourth-order valence-electron chi connectivity index (χ4n) is 3.78. The Kier molecular flexibility index (Phi) is 4.92. The number of sulfonamides is 1. The quantitative estimate of drug-likeness (QED) is 0.847. The highest BCUT2D eigenvalue weighted by atomic mass is 32.2. The lowest BCUT2D eigenvalue weighted by Crippen LogP contribution is -2.43. The Bertz CT molecular complexity index is 639. The Morgan fingerprint density at radius 2 is 1.91 bits per heavy atom. The average molecular weight is 337 g/mol. The topological polar surface area (TPSA) is 53.5 Å². The Morgan fingerprint density at radius 1 is 1.17 bits per heavy atom. The zero-order valence-corrected chi connectivity index (χ0v) is 14.9. The van der Waals surface area contributed by atoms with E-state index >= 15 is 0 Å². The maximum atomic E-state index is 12.8. The molecule has 1 aliphatic carbocycles. The third-order valence-corrected chi connectivity index (χ3v) is 7.53. The number of piperidine rings is 1. The van der Waals surface area contributed by atoms with Crippen molar-refractivity contribution in [2.75, 3.05) is 32.1 Å². The Hall–Kier alpha value is -1.14. The summed E-state index contributed by atoms with van der Waals surface area (Å²) in [5.41, 5.74) is 1.20. The monoisotopic (exact) mass is 337 g/mol. The molecule has 3 rings (SSSR count). The summed E-state index contributed by atoms with van der Waals surface area (Å²) < 4.78 is 27.4. The molecule has 0 radical (unpaired) electrons. The van der Waals surface area contributed by atoms with Crippen molar-refractivity contribution in [3.05, 3.63) is 23.9 Å². The summed E-state index contributed by atoms with van der Waals surface area (Å²) in [6.45, 7) is 1.30. The molecular weight excluding hydrogens is 310 g/mol. The van der Waals surface area contributed by atoms with Gasteiger partial charge in [-0.25, -0.2) is 17.7 Å². The third kappa shape index (κ3) is 3.53. The van der Waals surface area contributed by atoms with Crippen LogP contribution >= 0.6 is 0 Å². The van der Waals surface area contributed by atoms with E-state index in [1.54, 1.807) is 4.31 Å². The minimum atomic E-state index is -3.12. The molecule has 2 aliphatic rings. The molecule has 0 aromatic carbocycles. The molecule has 5 nitrogen and oxygen atoms in total. The van der Waals surface area contributed by atoms with Crippen molar-refractivity contribution < 1.29 is 8.42 Å². The highest BCUT2D eigenvalue weighted by molar-refractivity contribution is 7.89. The molecule has 1 aromatic rings. The summed E-state index contributed by atoms with van der Waals surface area (Å²) in [6.07, 6.45) is 7.60. The molecule has 0 bridgehead atoms. The molecule has 23 heavy (non-hydrogen) atoms. The van der Waals surface area contributed by atoms with Crippen molar-refractivity contribution in [1.82, 2.24) is 9.29 Å². The van der Waals surface area contributed by atoms with Gasteiger partial charge in [-0.2, -0.15) is 0 Å². The van der Waals surface area contributed by atoms with Crippen molar-refractivity contribution >= 4 is 15.8 Å². The molecule has 1 saturated carbocycles. The molecule has 1 saturated heterocycles. The first-order valence-electron chi connectivity index (χ1n) is 8.60. The minimum Gasteiger partial charge on any atom is -0.363 e. The summed E-state index contributed by atoms with van der Waals surface area (Å²) in [6, 6.07) is 4.12. The normalized spacial score (nSPS) is 24.0. The molecule has 1 atom stereocenters. The van der Waals surface area contributed by atoms with Crippen LogP contribution in [0.25, 0.3) is 0 Å². The molecule has 1 aromatic heterocycles. The first-order chi connectivity index (χ1) is 11.0. The van der Waals surface area contributed by atoms with E-state index in [4.69, 9.17) is 0 Å². The Labute approximate surface area is 139 Å². The number of rotatable bonds is 4. The largest absolute Gasteiger partial charge is 0.363 e. The summed E-state index contributed by atoms with van der Waals surface area (Å²) in [5.74, 6) is 1.21. The molecular formula is C17H27N3O2S.